The van der Waals surface area contributed by atoms with Crippen LogP contribution in [-0.4, -0.2) is 12.1 Å². The van der Waals surface area contributed by atoms with Crippen molar-refractivity contribution in [1.29, 1.82) is 0 Å². The van der Waals surface area contributed by atoms with E-state index < -0.39 is 0 Å². The molecule has 1 aliphatic heterocycles. The van der Waals surface area contributed by atoms with Crippen molar-refractivity contribution in [1.82, 2.24) is 5.32 Å². The summed E-state index contributed by atoms with van der Waals surface area (Å²) < 4.78 is 0. The van der Waals surface area contributed by atoms with Gasteiger partial charge in [0.2, 0.25) is 0 Å². The predicted octanol–water partition coefficient (Wildman–Crippen LogP) is 5.33. The lowest BCUT2D eigenvalue weighted by atomic mass is 9.75. The molecule has 0 aromatic heterocycles. The van der Waals surface area contributed by atoms with Crippen LogP contribution in [0.15, 0.2) is 84.9 Å². The average molecular weight is 327 g/mol. The second-order valence-electron chi connectivity index (χ2n) is 7.54. The topological polar surface area (TPSA) is 12.0 Å². The highest BCUT2D eigenvalue weighted by Crippen LogP contribution is 2.42. The van der Waals surface area contributed by atoms with Gasteiger partial charge in [-0.2, -0.15) is 0 Å². The third-order valence-corrected chi connectivity index (χ3v) is 5.50. The van der Waals surface area contributed by atoms with E-state index in [2.05, 4.69) is 104 Å². The van der Waals surface area contributed by atoms with Gasteiger partial charge >= 0.3 is 0 Å². The summed E-state index contributed by atoms with van der Waals surface area (Å²) in [6, 6.07) is 30.8. The van der Waals surface area contributed by atoms with Crippen LogP contribution in [0.25, 0.3) is 0 Å². The van der Waals surface area contributed by atoms with E-state index >= 15 is 0 Å². The van der Waals surface area contributed by atoms with Crippen molar-refractivity contribution in [2.45, 2.75) is 31.2 Å². The first-order valence-electron chi connectivity index (χ1n) is 9.10. The molecule has 0 spiro atoms. The fourth-order valence-corrected chi connectivity index (χ4v) is 4.28. The van der Waals surface area contributed by atoms with E-state index in [1.54, 1.807) is 0 Å². The van der Waals surface area contributed by atoms with Crippen molar-refractivity contribution in [3.63, 3.8) is 0 Å². The lowest BCUT2D eigenvalue weighted by Gasteiger charge is -2.35. The summed E-state index contributed by atoms with van der Waals surface area (Å²) in [5, 5.41) is 3.86. The van der Waals surface area contributed by atoms with Crippen LogP contribution in [0.1, 0.15) is 47.9 Å². The first-order chi connectivity index (χ1) is 12.2. The molecule has 2 unspecified atom stereocenters. The van der Waals surface area contributed by atoms with E-state index in [0.717, 1.165) is 6.54 Å². The van der Waals surface area contributed by atoms with E-state index in [1.165, 1.54) is 22.3 Å². The van der Waals surface area contributed by atoms with Gasteiger partial charge in [-0.05, 0) is 36.1 Å². The van der Waals surface area contributed by atoms with E-state index in [4.69, 9.17) is 0 Å². The second-order valence-corrected chi connectivity index (χ2v) is 7.54. The highest BCUT2D eigenvalue weighted by atomic mass is 15.0. The van der Waals surface area contributed by atoms with E-state index in [9.17, 15) is 0 Å². The summed E-state index contributed by atoms with van der Waals surface area (Å²) in [5.41, 5.74) is 5.63. The van der Waals surface area contributed by atoms with Gasteiger partial charge in [-0.15, -0.1) is 0 Å². The molecule has 0 bridgehead atoms. The molecule has 4 rings (SSSR count). The lowest BCUT2D eigenvalue weighted by Crippen LogP contribution is -2.45. The summed E-state index contributed by atoms with van der Waals surface area (Å²) in [6.45, 7) is 5.61. The van der Waals surface area contributed by atoms with Gasteiger partial charge < -0.3 is 5.32 Å². The third kappa shape index (κ3) is 3.01. The maximum Gasteiger partial charge on any atom is 0.0269 e. The molecule has 1 heteroatoms. The van der Waals surface area contributed by atoms with Gasteiger partial charge in [-0.25, -0.2) is 0 Å². The van der Waals surface area contributed by atoms with Crippen LogP contribution in [0.3, 0.4) is 0 Å². The minimum Gasteiger partial charge on any atom is -0.310 e. The second kappa shape index (κ2) is 6.50. The minimum absolute atomic E-state index is 0.0129. The standard InChI is InChI=1S/C24H25N/c1-24(2)23(19-13-7-4-8-14-19)21-16-10-9-15-20(21)22(17-25-24)18-11-5-3-6-12-18/h3-16,22-23,25H,17H2,1-2H3. The molecule has 0 fully saturated rings. The van der Waals surface area contributed by atoms with Gasteiger partial charge in [0, 0.05) is 23.9 Å². The molecule has 0 saturated heterocycles. The van der Waals surface area contributed by atoms with Crippen molar-refractivity contribution < 1.29 is 0 Å². The van der Waals surface area contributed by atoms with Crippen molar-refractivity contribution >= 4 is 0 Å². The molecule has 3 aromatic rings. The van der Waals surface area contributed by atoms with Crippen LogP contribution >= 0.6 is 0 Å². The molecule has 0 aliphatic carbocycles. The molecular weight excluding hydrogens is 302 g/mol. The van der Waals surface area contributed by atoms with Crippen molar-refractivity contribution in [2.75, 3.05) is 6.54 Å². The Hall–Kier alpha value is -2.38. The Labute approximate surface area is 150 Å². The van der Waals surface area contributed by atoms with Crippen molar-refractivity contribution in [3.05, 3.63) is 107 Å². The predicted molar refractivity (Wildman–Crippen MR) is 105 cm³/mol. The Kier molecular flexibility index (Phi) is 4.19. The van der Waals surface area contributed by atoms with Gasteiger partial charge in [0.15, 0.2) is 0 Å². The van der Waals surface area contributed by atoms with Crippen LogP contribution in [-0.2, 0) is 0 Å². The van der Waals surface area contributed by atoms with E-state index in [-0.39, 0.29) is 5.54 Å². The monoisotopic (exact) mass is 327 g/mol. The van der Waals surface area contributed by atoms with Crippen molar-refractivity contribution in [3.8, 4) is 0 Å². The Balaban J connectivity index is 1.90. The highest BCUT2D eigenvalue weighted by Gasteiger charge is 2.37. The van der Waals surface area contributed by atoms with E-state index in [1.807, 2.05) is 0 Å². The average Bonchev–Trinajstić information content (AvgIpc) is 2.76. The zero-order valence-corrected chi connectivity index (χ0v) is 14.9. The van der Waals surface area contributed by atoms with Gasteiger partial charge in [0.05, 0.1) is 0 Å². The minimum atomic E-state index is -0.0129. The first kappa shape index (κ1) is 16.1. The zero-order valence-electron chi connectivity index (χ0n) is 14.9. The van der Waals surface area contributed by atoms with Gasteiger partial charge in [0.1, 0.15) is 0 Å². The molecule has 1 nitrogen and oxygen atoms in total. The van der Waals surface area contributed by atoms with Crippen LogP contribution in [0, 0.1) is 0 Å². The Morgan fingerprint density at radius 3 is 1.84 bits per heavy atom. The molecule has 126 valence electrons. The Morgan fingerprint density at radius 1 is 0.680 bits per heavy atom. The maximum absolute atomic E-state index is 3.86. The van der Waals surface area contributed by atoms with Gasteiger partial charge in [0.25, 0.3) is 0 Å². The number of hydrogen-bond donors (Lipinski definition) is 1. The Morgan fingerprint density at radius 2 is 1.20 bits per heavy atom. The van der Waals surface area contributed by atoms with Crippen molar-refractivity contribution in [2.24, 2.45) is 0 Å². The molecule has 25 heavy (non-hydrogen) atoms. The SMILES string of the molecule is CC1(C)NCC(c2ccccc2)c2ccccc2C1c1ccccc1. The lowest BCUT2D eigenvalue weighted by molar-refractivity contribution is 0.356. The number of fused-ring (bicyclic) bond motifs is 1. The quantitative estimate of drug-likeness (QED) is 0.670. The van der Waals surface area contributed by atoms with Crippen LogP contribution < -0.4 is 5.32 Å². The number of hydrogen-bond acceptors (Lipinski definition) is 1. The molecule has 0 radical (unpaired) electrons. The summed E-state index contributed by atoms with van der Waals surface area (Å²) in [7, 11) is 0. The van der Waals surface area contributed by atoms with Gasteiger partial charge in [-0.1, -0.05) is 84.9 Å². The van der Waals surface area contributed by atoms with Crippen LogP contribution in [0.2, 0.25) is 0 Å². The fraction of sp³-hybridized carbons (Fsp3) is 0.250. The molecular formula is C24H25N. The number of nitrogens with one attached hydrogen (secondary N) is 1. The van der Waals surface area contributed by atoms with E-state index in [0.29, 0.717) is 11.8 Å². The molecule has 1 heterocycles. The summed E-state index contributed by atoms with van der Waals surface area (Å²) in [4.78, 5) is 0. The molecule has 3 aromatic carbocycles. The zero-order chi connectivity index (χ0) is 17.3. The highest BCUT2D eigenvalue weighted by molar-refractivity contribution is 5.47. The number of benzene rings is 3. The maximum atomic E-state index is 3.86. The third-order valence-electron chi connectivity index (χ3n) is 5.50. The van der Waals surface area contributed by atoms with Crippen LogP contribution in [0.5, 0.6) is 0 Å². The molecule has 1 N–H and O–H groups in total. The normalized spacial score (nSPS) is 22.0. The van der Waals surface area contributed by atoms with Gasteiger partial charge in [-0.3, -0.25) is 0 Å². The molecule has 0 amide bonds. The summed E-state index contributed by atoms with van der Waals surface area (Å²) in [6.07, 6.45) is 0. The smallest absolute Gasteiger partial charge is 0.0269 e. The van der Waals surface area contributed by atoms with Crippen LogP contribution in [0.4, 0.5) is 0 Å². The summed E-state index contributed by atoms with van der Waals surface area (Å²) in [5.74, 6) is 0.712. The Bertz CT molecular complexity index is 836. The summed E-state index contributed by atoms with van der Waals surface area (Å²) >= 11 is 0. The molecule has 1 aliphatic rings. The molecule has 2 atom stereocenters. The largest absolute Gasteiger partial charge is 0.310 e. The fourth-order valence-electron chi connectivity index (χ4n) is 4.28. The number of rotatable bonds is 2. The first-order valence-corrected chi connectivity index (χ1v) is 9.10. The molecule has 0 saturated carbocycles.